The van der Waals surface area contributed by atoms with Gasteiger partial charge in [-0.15, -0.1) is 0 Å². The Morgan fingerprint density at radius 2 is 1.85 bits per heavy atom. The van der Waals surface area contributed by atoms with Crippen molar-refractivity contribution in [2.45, 2.75) is 6.92 Å². The van der Waals surface area contributed by atoms with E-state index >= 15 is 0 Å². The van der Waals surface area contributed by atoms with Crippen LogP contribution in [0.1, 0.15) is 17.3 Å². The molecule has 0 aliphatic rings. The predicted octanol–water partition coefficient (Wildman–Crippen LogP) is 2.13. The highest BCUT2D eigenvalue weighted by Gasteiger charge is 2.11. The number of carbonyl (C=O) groups excluding carboxylic acids is 1. The van der Waals surface area contributed by atoms with E-state index in [0.29, 0.717) is 17.0 Å². The molecule has 1 aromatic carbocycles. The van der Waals surface area contributed by atoms with Crippen LogP contribution in [0.5, 0.6) is 5.75 Å². The molecule has 1 aromatic rings. The first-order valence-electron chi connectivity index (χ1n) is 5.48. The van der Waals surface area contributed by atoms with Crippen LogP contribution in [-0.2, 0) is 0 Å². The van der Waals surface area contributed by atoms with Gasteiger partial charge in [-0.2, -0.15) is 15.8 Å². The highest BCUT2D eigenvalue weighted by Crippen LogP contribution is 2.27. The number of rotatable bonds is 4. The lowest BCUT2D eigenvalue weighted by Crippen LogP contribution is -2.03. The second-order valence-corrected chi connectivity index (χ2v) is 3.68. The van der Waals surface area contributed by atoms with Crippen LogP contribution in [0.15, 0.2) is 29.5 Å². The minimum absolute atomic E-state index is 0.124. The molecule has 0 spiro atoms. The van der Waals surface area contributed by atoms with Gasteiger partial charge in [0.15, 0.2) is 11.4 Å². The van der Waals surface area contributed by atoms with Crippen molar-refractivity contribution in [2.75, 3.05) is 12.4 Å². The molecule has 0 aliphatic carbocycles. The quantitative estimate of drug-likeness (QED) is 0.660. The summed E-state index contributed by atoms with van der Waals surface area (Å²) >= 11 is 0. The molecule has 0 saturated carbocycles. The Labute approximate surface area is 116 Å². The van der Waals surface area contributed by atoms with Gasteiger partial charge in [0, 0.05) is 5.56 Å². The molecular weight excluding hydrogens is 256 g/mol. The SMILES string of the molecule is COc1cc(C(C)=O)ccc1NC(C#N)=C(C#N)C#N. The predicted molar refractivity (Wildman–Crippen MR) is 70.5 cm³/mol. The summed E-state index contributed by atoms with van der Waals surface area (Å²) in [6.07, 6.45) is 0. The standard InChI is InChI=1S/C14H10N4O2/c1-9(19)10-3-4-12(14(5-10)20-2)18-13(8-17)11(6-15)7-16/h3-5,18H,1-2H3. The molecule has 0 bridgehead atoms. The smallest absolute Gasteiger partial charge is 0.163 e. The van der Waals surface area contributed by atoms with Crippen molar-refractivity contribution in [1.29, 1.82) is 15.8 Å². The Kier molecular flexibility index (Phi) is 4.86. The maximum atomic E-state index is 11.3. The van der Waals surface area contributed by atoms with E-state index in [1.54, 1.807) is 30.3 Å². The van der Waals surface area contributed by atoms with E-state index in [1.807, 2.05) is 0 Å². The summed E-state index contributed by atoms with van der Waals surface area (Å²) in [6.45, 7) is 1.42. The van der Waals surface area contributed by atoms with Crippen molar-refractivity contribution in [3.63, 3.8) is 0 Å². The number of anilines is 1. The van der Waals surface area contributed by atoms with E-state index in [0.717, 1.165) is 0 Å². The van der Waals surface area contributed by atoms with Gasteiger partial charge >= 0.3 is 0 Å². The molecule has 0 heterocycles. The maximum Gasteiger partial charge on any atom is 0.163 e. The number of nitrogens with zero attached hydrogens (tertiary/aromatic N) is 3. The van der Waals surface area contributed by atoms with Gasteiger partial charge in [-0.25, -0.2) is 0 Å². The van der Waals surface area contributed by atoms with E-state index in [9.17, 15) is 4.79 Å². The zero-order chi connectivity index (χ0) is 15.1. The lowest BCUT2D eigenvalue weighted by molar-refractivity contribution is 0.101. The molecule has 98 valence electrons. The fourth-order valence-corrected chi connectivity index (χ4v) is 1.43. The molecule has 0 unspecified atom stereocenters. The van der Waals surface area contributed by atoms with Gasteiger partial charge in [0.05, 0.1) is 12.8 Å². The van der Waals surface area contributed by atoms with Crippen LogP contribution in [0.3, 0.4) is 0 Å². The number of carbonyl (C=O) groups is 1. The second kappa shape index (κ2) is 6.58. The van der Waals surface area contributed by atoms with Gasteiger partial charge < -0.3 is 10.1 Å². The molecule has 6 nitrogen and oxygen atoms in total. The summed E-state index contributed by atoms with van der Waals surface area (Å²) in [5.74, 6) is 0.210. The van der Waals surface area contributed by atoms with Crippen molar-refractivity contribution in [1.82, 2.24) is 0 Å². The van der Waals surface area contributed by atoms with Gasteiger partial charge in [0.25, 0.3) is 0 Å². The highest BCUT2D eigenvalue weighted by molar-refractivity contribution is 5.95. The van der Waals surface area contributed by atoms with E-state index in [4.69, 9.17) is 20.5 Å². The zero-order valence-electron chi connectivity index (χ0n) is 10.9. The number of allylic oxidation sites excluding steroid dienone is 2. The first-order chi connectivity index (χ1) is 9.57. The number of nitriles is 3. The minimum Gasteiger partial charge on any atom is -0.495 e. The molecular formula is C14H10N4O2. The minimum atomic E-state index is -0.329. The molecule has 0 fully saturated rings. The number of Topliss-reactive ketones (excluding diaryl/α,β-unsaturated/α-hetero) is 1. The molecule has 0 radical (unpaired) electrons. The zero-order valence-corrected chi connectivity index (χ0v) is 10.9. The van der Waals surface area contributed by atoms with Crippen molar-refractivity contribution < 1.29 is 9.53 Å². The second-order valence-electron chi connectivity index (χ2n) is 3.68. The summed E-state index contributed by atoms with van der Waals surface area (Å²) in [5.41, 5.74) is 0.335. The summed E-state index contributed by atoms with van der Waals surface area (Å²) in [7, 11) is 1.41. The van der Waals surface area contributed by atoms with Crippen LogP contribution in [0.4, 0.5) is 5.69 Å². The number of ketones is 1. The Morgan fingerprint density at radius 3 is 2.30 bits per heavy atom. The Hall–Kier alpha value is -3.30. The third-order valence-corrected chi connectivity index (χ3v) is 2.45. The van der Waals surface area contributed by atoms with Gasteiger partial charge in [-0.1, -0.05) is 0 Å². The molecule has 0 atom stereocenters. The summed E-state index contributed by atoms with van der Waals surface area (Å²) in [6, 6.07) is 9.61. The molecule has 0 aromatic heterocycles. The number of nitrogens with one attached hydrogen (secondary N) is 1. The average molecular weight is 266 g/mol. The van der Waals surface area contributed by atoms with Gasteiger partial charge in [0.1, 0.15) is 29.7 Å². The first kappa shape index (κ1) is 14.8. The van der Waals surface area contributed by atoms with Crippen molar-refractivity contribution >= 4 is 11.5 Å². The topological polar surface area (TPSA) is 110 Å². The first-order valence-corrected chi connectivity index (χ1v) is 5.48. The summed E-state index contributed by atoms with van der Waals surface area (Å²) < 4.78 is 5.12. The highest BCUT2D eigenvalue weighted by atomic mass is 16.5. The lowest BCUT2D eigenvalue weighted by atomic mass is 10.1. The maximum absolute atomic E-state index is 11.3. The van der Waals surface area contributed by atoms with E-state index in [2.05, 4.69) is 5.32 Å². The number of benzene rings is 1. The van der Waals surface area contributed by atoms with Crippen LogP contribution < -0.4 is 10.1 Å². The van der Waals surface area contributed by atoms with Gasteiger partial charge in [0.2, 0.25) is 0 Å². The Bertz CT molecular complexity index is 683. The summed E-state index contributed by atoms with van der Waals surface area (Å²) in [5, 5.41) is 29.1. The van der Waals surface area contributed by atoms with E-state index < -0.39 is 0 Å². The van der Waals surface area contributed by atoms with Gasteiger partial charge in [-0.05, 0) is 25.1 Å². The normalized spacial score (nSPS) is 8.55. The average Bonchev–Trinajstić information content (AvgIpc) is 2.47. The van der Waals surface area contributed by atoms with E-state index in [1.165, 1.54) is 20.1 Å². The summed E-state index contributed by atoms with van der Waals surface area (Å²) in [4.78, 5) is 11.3. The number of ether oxygens (including phenoxy) is 1. The van der Waals surface area contributed by atoms with Crippen LogP contribution >= 0.6 is 0 Å². The molecule has 0 amide bonds. The molecule has 0 aliphatic heterocycles. The third-order valence-electron chi connectivity index (χ3n) is 2.45. The molecule has 6 heteroatoms. The van der Waals surface area contributed by atoms with Crippen molar-refractivity contribution in [2.24, 2.45) is 0 Å². The van der Waals surface area contributed by atoms with Crippen LogP contribution in [0.25, 0.3) is 0 Å². The van der Waals surface area contributed by atoms with Crippen molar-refractivity contribution in [3.05, 3.63) is 35.0 Å². The Morgan fingerprint density at radius 1 is 1.20 bits per heavy atom. The molecule has 1 N–H and O–H groups in total. The third kappa shape index (κ3) is 3.13. The van der Waals surface area contributed by atoms with Gasteiger partial charge in [-0.3, -0.25) is 4.79 Å². The van der Waals surface area contributed by atoms with E-state index in [-0.39, 0.29) is 17.1 Å². The van der Waals surface area contributed by atoms with Crippen LogP contribution in [0.2, 0.25) is 0 Å². The monoisotopic (exact) mass is 266 g/mol. The number of methoxy groups -OCH3 is 1. The number of hydrogen-bond acceptors (Lipinski definition) is 6. The van der Waals surface area contributed by atoms with Crippen molar-refractivity contribution in [3.8, 4) is 24.0 Å². The largest absolute Gasteiger partial charge is 0.495 e. The fraction of sp³-hybridized carbons (Fsp3) is 0.143. The Balaban J connectivity index is 3.27. The molecule has 1 rings (SSSR count). The van der Waals surface area contributed by atoms with Crippen LogP contribution in [0, 0.1) is 34.0 Å². The fourth-order valence-electron chi connectivity index (χ4n) is 1.43. The van der Waals surface area contributed by atoms with Crippen LogP contribution in [-0.4, -0.2) is 12.9 Å². The number of hydrogen-bond donors (Lipinski definition) is 1. The molecule has 0 saturated heterocycles. The molecule has 20 heavy (non-hydrogen) atoms. The lowest BCUT2D eigenvalue weighted by Gasteiger charge is -2.11.